The van der Waals surface area contributed by atoms with Crippen LogP contribution in [0.3, 0.4) is 0 Å². The zero-order chi connectivity index (χ0) is 23.0. The molecule has 1 fully saturated rings. The number of nitrogens with zero attached hydrogens (tertiary/aromatic N) is 1. The van der Waals surface area contributed by atoms with Gasteiger partial charge in [0, 0.05) is 23.6 Å². The maximum atomic E-state index is 12.9. The Bertz CT molecular complexity index is 1160. The standard InChI is InChI=1S/C26H27NO6/c1-27-12-11-25-20-16-7-8-17(14-28)22(20)33-23(25)18(9-10-26(25,31)19(27)13-16)32-24(30)21(29)15-5-3-2-4-6-15/h2-9,19,21,23,28-29,31H,10-14H2,1H3/t19-,21+,23?,25?,26-/m1/s1. The molecule has 0 amide bonds. The van der Waals surface area contributed by atoms with E-state index in [-0.39, 0.29) is 12.6 Å². The van der Waals surface area contributed by atoms with Gasteiger partial charge in [-0.1, -0.05) is 42.5 Å². The maximum Gasteiger partial charge on any atom is 0.344 e. The molecule has 2 heterocycles. The monoisotopic (exact) mass is 449 g/mol. The van der Waals surface area contributed by atoms with Crippen LogP contribution in [0.4, 0.5) is 0 Å². The van der Waals surface area contributed by atoms with Crippen LogP contribution in [0.2, 0.25) is 0 Å². The molecule has 2 aromatic carbocycles. The lowest BCUT2D eigenvalue weighted by Crippen LogP contribution is -2.74. The van der Waals surface area contributed by atoms with Crippen LogP contribution in [-0.4, -0.2) is 57.5 Å². The average Bonchev–Trinajstić information content (AvgIpc) is 3.19. The van der Waals surface area contributed by atoms with Gasteiger partial charge < -0.3 is 29.7 Å². The molecule has 5 atom stereocenters. The number of piperidine rings is 1. The highest BCUT2D eigenvalue weighted by Crippen LogP contribution is 2.64. The summed E-state index contributed by atoms with van der Waals surface area (Å²) in [5.41, 5.74) is 1.28. The summed E-state index contributed by atoms with van der Waals surface area (Å²) in [6.45, 7) is 0.585. The van der Waals surface area contributed by atoms with Crippen molar-refractivity contribution in [3.05, 3.63) is 76.6 Å². The van der Waals surface area contributed by atoms with Crippen molar-refractivity contribution in [3.8, 4) is 5.75 Å². The molecular formula is C26H27NO6. The Hall–Kier alpha value is -2.71. The average molecular weight is 450 g/mol. The second-order valence-corrected chi connectivity index (χ2v) is 9.64. The zero-order valence-corrected chi connectivity index (χ0v) is 18.4. The number of rotatable bonds is 4. The summed E-state index contributed by atoms with van der Waals surface area (Å²) in [6.07, 6.45) is 1.24. The second kappa shape index (κ2) is 7.14. The Balaban J connectivity index is 1.44. The number of hydrogen-bond acceptors (Lipinski definition) is 7. The van der Waals surface area contributed by atoms with E-state index >= 15 is 0 Å². The number of likely N-dealkylation sites (tertiary alicyclic amines) is 1. The molecule has 1 saturated heterocycles. The molecule has 6 rings (SSSR count). The van der Waals surface area contributed by atoms with Crippen molar-refractivity contribution >= 4 is 5.97 Å². The van der Waals surface area contributed by atoms with Gasteiger partial charge in [0.15, 0.2) is 12.2 Å². The summed E-state index contributed by atoms with van der Waals surface area (Å²) >= 11 is 0. The molecule has 0 radical (unpaired) electrons. The zero-order valence-electron chi connectivity index (χ0n) is 18.4. The first-order chi connectivity index (χ1) is 15.9. The molecule has 172 valence electrons. The van der Waals surface area contributed by atoms with Crippen LogP contribution in [0.25, 0.3) is 0 Å². The second-order valence-electron chi connectivity index (χ2n) is 9.64. The SMILES string of the molecule is CN1CCC23c4c5ccc(CO)c4OC2C(OC(=O)[C@@H](O)c2ccccc2)=CC[C@@]3(O)[C@H]1C5. The number of ether oxygens (including phenoxy) is 2. The third kappa shape index (κ3) is 2.62. The number of aliphatic hydroxyl groups excluding tert-OH is 2. The predicted octanol–water partition coefficient (Wildman–Crippen LogP) is 1.73. The van der Waals surface area contributed by atoms with Gasteiger partial charge in [0.25, 0.3) is 0 Å². The molecular weight excluding hydrogens is 422 g/mol. The summed E-state index contributed by atoms with van der Waals surface area (Å²) in [6, 6.07) is 12.4. The van der Waals surface area contributed by atoms with E-state index < -0.39 is 29.2 Å². The lowest BCUT2D eigenvalue weighted by molar-refractivity contribution is -0.172. The largest absolute Gasteiger partial charge is 0.481 e. The van der Waals surface area contributed by atoms with E-state index in [1.165, 1.54) is 0 Å². The van der Waals surface area contributed by atoms with Gasteiger partial charge in [-0.25, -0.2) is 4.79 Å². The summed E-state index contributed by atoms with van der Waals surface area (Å²) < 4.78 is 12.2. The summed E-state index contributed by atoms with van der Waals surface area (Å²) in [7, 11) is 2.03. The van der Waals surface area contributed by atoms with Crippen molar-refractivity contribution < 1.29 is 29.6 Å². The fourth-order valence-electron chi connectivity index (χ4n) is 6.57. The number of likely N-dealkylation sites (N-methyl/N-ethyl adjacent to an activating group) is 1. The van der Waals surface area contributed by atoms with Crippen LogP contribution in [0.15, 0.2) is 54.3 Å². The highest BCUT2D eigenvalue weighted by Gasteiger charge is 2.71. The van der Waals surface area contributed by atoms with Crippen LogP contribution in [0.5, 0.6) is 5.75 Å². The molecule has 2 aromatic rings. The van der Waals surface area contributed by atoms with Crippen molar-refractivity contribution in [1.82, 2.24) is 4.90 Å². The Morgan fingerprint density at radius 3 is 2.82 bits per heavy atom. The predicted molar refractivity (Wildman–Crippen MR) is 118 cm³/mol. The Morgan fingerprint density at radius 1 is 1.27 bits per heavy atom. The van der Waals surface area contributed by atoms with Crippen molar-refractivity contribution in [2.75, 3.05) is 13.6 Å². The highest BCUT2D eigenvalue weighted by molar-refractivity contribution is 5.77. The van der Waals surface area contributed by atoms with Gasteiger partial charge in [-0.2, -0.15) is 0 Å². The minimum atomic E-state index is -1.42. The van der Waals surface area contributed by atoms with Gasteiger partial charge in [-0.05, 0) is 43.6 Å². The van der Waals surface area contributed by atoms with Gasteiger partial charge in [0.05, 0.1) is 17.6 Å². The van der Waals surface area contributed by atoms with Crippen LogP contribution >= 0.6 is 0 Å². The van der Waals surface area contributed by atoms with E-state index in [1.54, 1.807) is 30.3 Å². The van der Waals surface area contributed by atoms with Crippen LogP contribution in [-0.2, 0) is 28.0 Å². The number of aliphatic hydroxyl groups is 3. The lowest BCUT2D eigenvalue weighted by Gasteiger charge is -2.61. The first-order valence-electron chi connectivity index (χ1n) is 11.4. The van der Waals surface area contributed by atoms with E-state index in [1.807, 2.05) is 25.2 Å². The fourth-order valence-corrected chi connectivity index (χ4v) is 6.57. The molecule has 3 N–H and O–H groups in total. The molecule has 2 aliphatic carbocycles. The van der Waals surface area contributed by atoms with Crippen molar-refractivity contribution in [3.63, 3.8) is 0 Å². The van der Waals surface area contributed by atoms with Crippen molar-refractivity contribution in [2.24, 2.45) is 0 Å². The summed E-state index contributed by atoms with van der Waals surface area (Å²) in [4.78, 5) is 15.1. The van der Waals surface area contributed by atoms with E-state index in [9.17, 15) is 20.1 Å². The molecule has 0 saturated carbocycles. The number of esters is 1. The molecule has 2 bridgehead atoms. The summed E-state index contributed by atoms with van der Waals surface area (Å²) in [5.74, 6) is 0.126. The molecule has 2 aliphatic heterocycles. The Labute approximate surface area is 191 Å². The first-order valence-corrected chi connectivity index (χ1v) is 11.4. The van der Waals surface area contributed by atoms with E-state index in [4.69, 9.17) is 9.47 Å². The lowest BCUT2D eigenvalue weighted by atomic mass is 9.50. The topological polar surface area (TPSA) is 99.5 Å². The molecule has 7 nitrogen and oxygen atoms in total. The third-order valence-electron chi connectivity index (χ3n) is 8.18. The Kier molecular flexibility index (Phi) is 4.52. The van der Waals surface area contributed by atoms with Crippen molar-refractivity contribution in [2.45, 2.75) is 55.1 Å². The minimum Gasteiger partial charge on any atom is -0.481 e. The first kappa shape index (κ1) is 20.9. The van der Waals surface area contributed by atoms with E-state index in [0.717, 1.165) is 17.7 Å². The number of carbonyl (C=O) groups excluding carboxylic acids is 1. The smallest absolute Gasteiger partial charge is 0.344 e. The molecule has 0 aromatic heterocycles. The molecule has 33 heavy (non-hydrogen) atoms. The number of benzene rings is 2. The molecule has 1 spiro atoms. The van der Waals surface area contributed by atoms with Gasteiger partial charge in [0.2, 0.25) is 0 Å². The normalized spacial score (nSPS) is 32.4. The quantitative estimate of drug-likeness (QED) is 0.612. The highest BCUT2D eigenvalue weighted by atomic mass is 16.6. The van der Waals surface area contributed by atoms with Gasteiger partial charge in [-0.15, -0.1) is 0 Å². The van der Waals surface area contributed by atoms with E-state index in [2.05, 4.69) is 4.90 Å². The van der Waals surface area contributed by atoms with Crippen LogP contribution in [0.1, 0.15) is 41.2 Å². The van der Waals surface area contributed by atoms with Crippen LogP contribution < -0.4 is 4.74 Å². The van der Waals surface area contributed by atoms with Gasteiger partial charge >= 0.3 is 5.97 Å². The number of carbonyl (C=O) groups is 1. The molecule has 4 aliphatic rings. The summed E-state index contributed by atoms with van der Waals surface area (Å²) in [5, 5.41) is 32.7. The third-order valence-corrected chi connectivity index (χ3v) is 8.18. The van der Waals surface area contributed by atoms with Crippen LogP contribution in [0, 0.1) is 0 Å². The Morgan fingerprint density at radius 2 is 2.06 bits per heavy atom. The fraction of sp³-hybridized carbons (Fsp3) is 0.423. The van der Waals surface area contributed by atoms with Gasteiger partial charge in [-0.3, -0.25) is 0 Å². The van der Waals surface area contributed by atoms with Crippen molar-refractivity contribution in [1.29, 1.82) is 0 Å². The maximum absolute atomic E-state index is 12.9. The van der Waals surface area contributed by atoms with E-state index in [0.29, 0.717) is 41.9 Å². The number of hydrogen-bond donors (Lipinski definition) is 3. The molecule has 2 unspecified atom stereocenters. The van der Waals surface area contributed by atoms with Gasteiger partial charge in [0.1, 0.15) is 11.5 Å². The molecule has 7 heteroatoms. The minimum absolute atomic E-state index is 0.0980.